The molecule has 2 aromatic rings. The zero-order valence-corrected chi connectivity index (χ0v) is 18.0. The molecule has 1 amide bonds. The average Bonchev–Trinajstić information content (AvgIpc) is 3.47. The fourth-order valence-electron chi connectivity index (χ4n) is 3.84. The van der Waals surface area contributed by atoms with Crippen molar-refractivity contribution in [1.82, 2.24) is 9.80 Å². The van der Waals surface area contributed by atoms with E-state index in [4.69, 9.17) is 9.56 Å². The van der Waals surface area contributed by atoms with Gasteiger partial charge in [-0.1, -0.05) is 0 Å². The van der Waals surface area contributed by atoms with Crippen molar-refractivity contribution in [2.24, 2.45) is 5.14 Å². The molecule has 0 radical (unpaired) electrons. The van der Waals surface area contributed by atoms with Gasteiger partial charge in [0.2, 0.25) is 15.9 Å². The second-order valence-electron chi connectivity index (χ2n) is 8.07. The lowest BCUT2D eigenvalue weighted by atomic mass is 10.2. The van der Waals surface area contributed by atoms with Crippen molar-refractivity contribution in [1.29, 1.82) is 0 Å². The van der Waals surface area contributed by atoms with Gasteiger partial charge in [-0.25, -0.2) is 13.6 Å². The number of benzene rings is 1. The SMILES string of the molecule is Cc1ccc(CN(C(=O)CN2CCN(c3ccc(S(N)(=O)=O)cc3)CC2)C2CC2)o1. The number of sulfonamides is 1. The van der Waals surface area contributed by atoms with Crippen molar-refractivity contribution in [3.8, 4) is 0 Å². The number of anilines is 1. The molecule has 162 valence electrons. The summed E-state index contributed by atoms with van der Waals surface area (Å²) in [5, 5.41) is 5.16. The maximum absolute atomic E-state index is 12.9. The highest BCUT2D eigenvalue weighted by atomic mass is 32.2. The topological polar surface area (TPSA) is 100 Å². The summed E-state index contributed by atoms with van der Waals surface area (Å²) in [4.78, 5) is 19.4. The fourth-order valence-corrected chi connectivity index (χ4v) is 4.35. The van der Waals surface area contributed by atoms with E-state index in [2.05, 4.69) is 9.80 Å². The third kappa shape index (κ3) is 5.03. The van der Waals surface area contributed by atoms with Crippen molar-refractivity contribution < 1.29 is 17.6 Å². The van der Waals surface area contributed by atoms with Crippen LogP contribution in [0, 0.1) is 6.92 Å². The summed E-state index contributed by atoms with van der Waals surface area (Å²) in [6.07, 6.45) is 2.13. The Labute approximate surface area is 177 Å². The Morgan fingerprint density at radius 3 is 2.30 bits per heavy atom. The van der Waals surface area contributed by atoms with Gasteiger partial charge in [0.15, 0.2) is 0 Å². The lowest BCUT2D eigenvalue weighted by molar-refractivity contribution is -0.134. The highest BCUT2D eigenvalue weighted by Crippen LogP contribution is 2.29. The number of aryl methyl sites for hydroxylation is 1. The molecule has 1 aliphatic heterocycles. The third-order valence-electron chi connectivity index (χ3n) is 5.69. The number of hydrogen-bond donors (Lipinski definition) is 1. The standard InChI is InChI=1S/C21H28N4O4S/c1-16-2-7-19(29-16)14-25(18-3-4-18)21(26)15-23-10-12-24(13-11-23)17-5-8-20(9-6-17)30(22,27)28/h2,5-9,18H,3-4,10-15H2,1H3,(H2,22,27,28). The second kappa shape index (κ2) is 8.41. The zero-order chi connectivity index (χ0) is 21.3. The number of nitrogens with two attached hydrogens (primary N) is 1. The molecule has 4 rings (SSSR count). The van der Waals surface area contributed by atoms with Crippen LogP contribution >= 0.6 is 0 Å². The molecule has 1 saturated heterocycles. The lowest BCUT2D eigenvalue weighted by Crippen LogP contribution is -2.50. The third-order valence-corrected chi connectivity index (χ3v) is 6.62. The van der Waals surface area contributed by atoms with Crippen LogP contribution in [0.1, 0.15) is 24.4 Å². The molecule has 1 aromatic heterocycles. The van der Waals surface area contributed by atoms with E-state index in [0.717, 1.165) is 56.2 Å². The summed E-state index contributed by atoms with van der Waals surface area (Å²) in [7, 11) is -3.68. The quantitative estimate of drug-likeness (QED) is 0.713. The number of furan rings is 1. The van der Waals surface area contributed by atoms with Gasteiger partial charge in [0.25, 0.3) is 0 Å². The van der Waals surface area contributed by atoms with E-state index in [1.54, 1.807) is 12.1 Å². The summed E-state index contributed by atoms with van der Waals surface area (Å²) in [5.74, 6) is 1.85. The van der Waals surface area contributed by atoms with E-state index in [0.29, 0.717) is 19.1 Å². The van der Waals surface area contributed by atoms with Gasteiger partial charge in [-0.15, -0.1) is 0 Å². The summed E-state index contributed by atoms with van der Waals surface area (Å²) in [5.41, 5.74) is 0.959. The molecule has 2 heterocycles. The summed E-state index contributed by atoms with van der Waals surface area (Å²) in [6, 6.07) is 10.8. The molecule has 2 aliphatic rings. The number of amides is 1. The van der Waals surface area contributed by atoms with Gasteiger partial charge in [-0.05, 0) is 56.2 Å². The van der Waals surface area contributed by atoms with Gasteiger partial charge in [0, 0.05) is 37.9 Å². The highest BCUT2D eigenvalue weighted by Gasteiger charge is 2.34. The largest absolute Gasteiger partial charge is 0.464 e. The van der Waals surface area contributed by atoms with Crippen LogP contribution in [0.4, 0.5) is 5.69 Å². The molecule has 1 saturated carbocycles. The van der Waals surface area contributed by atoms with E-state index in [-0.39, 0.29) is 10.8 Å². The number of nitrogens with zero attached hydrogens (tertiary/aromatic N) is 3. The van der Waals surface area contributed by atoms with Gasteiger partial charge in [0.05, 0.1) is 18.0 Å². The molecule has 0 atom stereocenters. The van der Waals surface area contributed by atoms with Crippen LogP contribution in [0.3, 0.4) is 0 Å². The average molecular weight is 433 g/mol. The van der Waals surface area contributed by atoms with Crippen molar-refractivity contribution in [3.63, 3.8) is 0 Å². The van der Waals surface area contributed by atoms with E-state index >= 15 is 0 Å². The second-order valence-corrected chi connectivity index (χ2v) is 9.63. The number of primary sulfonamides is 1. The molecule has 1 aliphatic carbocycles. The minimum Gasteiger partial charge on any atom is -0.464 e. The minimum atomic E-state index is -3.68. The number of carbonyl (C=O) groups excluding carboxylic acids is 1. The summed E-state index contributed by atoms with van der Waals surface area (Å²) < 4.78 is 28.5. The number of hydrogen-bond acceptors (Lipinski definition) is 6. The first-order valence-electron chi connectivity index (χ1n) is 10.2. The molecule has 2 fully saturated rings. The maximum Gasteiger partial charge on any atom is 0.238 e. The monoisotopic (exact) mass is 432 g/mol. The smallest absolute Gasteiger partial charge is 0.238 e. The van der Waals surface area contributed by atoms with Crippen LogP contribution in [0.5, 0.6) is 0 Å². The highest BCUT2D eigenvalue weighted by molar-refractivity contribution is 7.89. The van der Waals surface area contributed by atoms with E-state index in [9.17, 15) is 13.2 Å². The molecule has 1 aromatic carbocycles. The van der Waals surface area contributed by atoms with Gasteiger partial charge < -0.3 is 14.2 Å². The molecule has 2 N–H and O–H groups in total. The number of carbonyl (C=O) groups is 1. The summed E-state index contributed by atoms with van der Waals surface area (Å²) >= 11 is 0. The Morgan fingerprint density at radius 1 is 1.10 bits per heavy atom. The van der Waals surface area contributed by atoms with Crippen molar-refractivity contribution in [2.75, 3.05) is 37.6 Å². The Bertz CT molecular complexity index is 990. The predicted octanol–water partition coefficient (Wildman–Crippen LogP) is 1.55. The van der Waals surface area contributed by atoms with Gasteiger partial charge in [-0.2, -0.15) is 0 Å². The van der Waals surface area contributed by atoms with Crippen molar-refractivity contribution in [3.05, 3.63) is 47.9 Å². The predicted molar refractivity (Wildman–Crippen MR) is 113 cm³/mol. The molecule has 0 bridgehead atoms. The van der Waals surface area contributed by atoms with Crippen LogP contribution < -0.4 is 10.0 Å². The lowest BCUT2D eigenvalue weighted by Gasteiger charge is -2.36. The van der Waals surface area contributed by atoms with Crippen molar-refractivity contribution in [2.45, 2.75) is 37.2 Å². The molecular formula is C21H28N4O4S. The van der Waals surface area contributed by atoms with Crippen LogP contribution in [0.25, 0.3) is 0 Å². The Kier molecular flexibility index (Phi) is 5.86. The Morgan fingerprint density at radius 2 is 1.77 bits per heavy atom. The van der Waals surface area contributed by atoms with E-state index in [1.165, 1.54) is 12.1 Å². The molecule has 8 nitrogen and oxygen atoms in total. The molecule has 30 heavy (non-hydrogen) atoms. The van der Waals surface area contributed by atoms with Crippen LogP contribution in [0.15, 0.2) is 45.7 Å². The Hall–Kier alpha value is -2.36. The first-order chi connectivity index (χ1) is 14.3. The van der Waals surface area contributed by atoms with Crippen LogP contribution in [-0.4, -0.2) is 62.9 Å². The van der Waals surface area contributed by atoms with Crippen LogP contribution in [0.2, 0.25) is 0 Å². The molecule has 0 unspecified atom stereocenters. The van der Waals surface area contributed by atoms with E-state index in [1.807, 2.05) is 24.0 Å². The first kappa shape index (κ1) is 20.9. The fraction of sp³-hybridized carbons (Fsp3) is 0.476. The van der Waals surface area contributed by atoms with Crippen LogP contribution in [-0.2, 0) is 21.4 Å². The number of piperazine rings is 1. The minimum absolute atomic E-state index is 0.113. The van der Waals surface area contributed by atoms with Gasteiger partial charge in [0.1, 0.15) is 11.5 Å². The number of rotatable bonds is 7. The zero-order valence-electron chi connectivity index (χ0n) is 17.2. The first-order valence-corrected chi connectivity index (χ1v) is 11.8. The van der Waals surface area contributed by atoms with Gasteiger partial charge in [-0.3, -0.25) is 9.69 Å². The Balaban J connectivity index is 1.31. The normalized spacial score (nSPS) is 17.9. The maximum atomic E-state index is 12.9. The van der Waals surface area contributed by atoms with Crippen molar-refractivity contribution >= 4 is 21.6 Å². The molecule has 0 spiro atoms. The molecule has 9 heteroatoms. The van der Waals surface area contributed by atoms with Gasteiger partial charge >= 0.3 is 0 Å². The summed E-state index contributed by atoms with van der Waals surface area (Å²) in [6.45, 7) is 5.98. The molecular weight excluding hydrogens is 404 g/mol. The van der Waals surface area contributed by atoms with E-state index < -0.39 is 10.0 Å².